The summed E-state index contributed by atoms with van der Waals surface area (Å²) in [5, 5.41) is 11.7. The summed E-state index contributed by atoms with van der Waals surface area (Å²) in [5.74, 6) is -0.418. The first kappa shape index (κ1) is 17.9. The van der Waals surface area contributed by atoms with Gasteiger partial charge in [0.25, 0.3) is 5.91 Å². The van der Waals surface area contributed by atoms with Crippen LogP contribution in [0.3, 0.4) is 0 Å². The van der Waals surface area contributed by atoms with Crippen molar-refractivity contribution >= 4 is 41.4 Å². The predicted octanol–water partition coefficient (Wildman–Crippen LogP) is 4.73. The summed E-state index contributed by atoms with van der Waals surface area (Å²) in [6.45, 7) is 0. The lowest BCUT2D eigenvalue weighted by atomic mass is 10.1. The van der Waals surface area contributed by atoms with Gasteiger partial charge in [0.05, 0.1) is 16.9 Å². The number of H-pyrrole nitrogens is 1. The number of rotatable bonds is 5. The third kappa shape index (κ3) is 4.81. The highest BCUT2D eigenvalue weighted by atomic mass is 35.5. The Morgan fingerprint density at radius 1 is 1.12 bits per heavy atom. The largest absolute Gasteiger partial charge is 0.289 e. The second-order valence-electron chi connectivity index (χ2n) is 5.31. The van der Waals surface area contributed by atoms with Gasteiger partial charge in [-0.15, -0.1) is 0 Å². The molecule has 0 saturated heterocycles. The number of hydrazone groups is 1. The Kier molecular flexibility index (Phi) is 5.84. The molecule has 1 amide bonds. The number of halogens is 2. The molecule has 2 aromatic carbocycles. The van der Waals surface area contributed by atoms with Gasteiger partial charge in [-0.3, -0.25) is 9.89 Å². The Balaban J connectivity index is 1.62. The maximum absolute atomic E-state index is 12.1. The van der Waals surface area contributed by atoms with Crippen molar-refractivity contribution in [1.29, 1.82) is 0 Å². The van der Waals surface area contributed by atoms with Gasteiger partial charge in [0, 0.05) is 10.6 Å². The number of amides is 1. The maximum Gasteiger partial charge on any atom is 0.289 e. The van der Waals surface area contributed by atoms with Crippen LogP contribution in [-0.4, -0.2) is 22.3 Å². The SMILES string of the molecule is O=C(NN=CC(Cl)=Cc1ccccc1)c1cc(-c2ccc(Cl)cc2)n[nH]1. The smallest absolute Gasteiger partial charge is 0.272 e. The van der Waals surface area contributed by atoms with Crippen molar-refractivity contribution in [2.24, 2.45) is 5.10 Å². The van der Waals surface area contributed by atoms with Gasteiger partial charge in [-0.05, 0) is 29.8 Å². The summed E-state index contributed by atoms with van der Waals surface area (Å²) in [5.41, 5.74) is 5.12. The number of allylic oxidation sites excluding steroid dienone is 1. The Morgan fingerprint density at radius 3 is 2.58 bits per heavy atom. The van der Waals surface area contributed by atoms with Crippen LogP contribution in [0.15, 0.2) is 70.8 Å². The molecule has 1 aromatic heterocycles. The molecule has 7 heteroatoms. The predicted molar refractivity (Wildman–Crippen MR) is 105 cm³/mol. The minimum atomic E-state index is -0.418. The van der Waals surface area contributed by atoms with Crippen molar-refractivity contribution < 1.29 is 4.79 Å². The van der Waals surface area contributed by atoms with Gasteiger partial charge < -0.3 is 0 Å². The van der Waals surface area contributed by atoms with Crippen molar-refractivity contribution in [2.45, 2.75) is 0 Å². The Hall–Kier alpha value is -2.89. The molecule has 0 saturated carbocycles. The van der Waals surface area contributed by atoms with E-state index in [2.05, 4.69) is 20.7 Å². The number of carbonyl (C=O) groups excluding carboxylic acids is 1. The van der Waals surface area contributed by atoms with Crippen LogP contribution in [0.5, 0.6) is 0 Å². The highest BCUT2D eigenvalue weighted by Gasteiger charge is 2.10. The number of nitrogens with one attached hydrogen (secondary N) is 2. The molecule has 0 unspecified atom stereocenters. The third-order valence-corrected chi connectivity index (χ3v) is 3.88. The van der Waals surface area contributed by atoms with Crippen molar-refractivity contribution in [3.63, 3.8) is 0 Å². The number of aromatic amines is 1. The zero-order chi connectivity index (χ0) is 18.4. The zero-order valence-corrected chi connectivity index (χ0v) is 15.0. The quantitative estimate of drug-likeness (QED) is 0.493. The Morgan fingerprint density at radius 2 is 1.85 bits per heavy atom. The highest BCUT2D eigenvalue weighted by Crippen LogP contribution is 2.20. The molecular formula is C19H14Cl2N4O. The molecule has 3 rings (SSSR count). The summed E-state index contributed by atoms with van der Waals surface area (Å²) in [6.07, 6.45) is 3.11. The molecule has 0 aliphatic carbocycles. The Bertz CT molecular complexity index is 947. The minimum Gasteiger partial charge on any atom is -0.272 e. The van der Waals surface area contributed by atoms with Crippen LogP contribution in [0.25, 0.3) is 17.3 Å². The monoisotopic (exact) mass is 384 g/mol. The van der Waals surface area contributed by atoms with Crippen LogP contribution >= 0.6 is 23.2 Å². The molecular weight excluding hydrogens is 371 g/mol. The van der Waals surface area contributed by atoms with E-state index in [9.17, 15) is 4.79 Å². The van der Waals surface area contributed by atoms with E-state index in [0.29, 0.717) is 15.7 Å². The van der Waals surface area contributed by atoms with Crippen molar-refractivity contribution in [3.05, 3.63) is 82.0 Å². The Labute approximate surface area is 160 Å². The van der Waals surface area contributed by atoms with Crippen molar-refractivity contribution in [1.82, 2.24) is 15.6 Å². The van der Waals surface area contributed by atoms with E-state index < -0.39 is 5.91 Å². The van der Waals surface area contributed by atoms with Gasteiger partial charge in [0.15, 0.2) is 0 Å². The number of aromatic nitrogens is 2. The molecule has 0 spiro atoms. The fourth-order valence-electron chi connectivity index (χ4n) is 2.17. The van der Waals surface area contributed by atoms with Gasteiger partial charge in [-0.25, -0.2) is 5.43 Å². The lowest BCUT2D eigenvalue weighted by Crippen LogP contribution is -2.17. The minimum absolute atomic E-state index is 0.287. The highest BCUT2D eigenvalue weighted by molar-refractivity contribution is 6.41. The first-order valence-corrected chi connectivity index (χ1v) is 8.44. The summed E-state index contributed by atoms with van der Waals surface area (Å²) >= 11 is 11.9. The molecule has 2 N–H and O–H groups in total. The van der Waals surface area contributed by atoms with Crippen LogP contribution in [-0.2, 0) is 0 Å². The molecule has 0 radical (unpaired) electrons. The molecule has 26 heavy (non-hydrogen) atoms. The van der Waals surface area contributed by atoms with Crippen molar-refractivity contribution in [2.75, 3.05) is 0 Å². The van der Waals surface area contributed by atoms with E-state index in [1.807, 2.05) is 42.5 Å². The van der Waals surface area contributed by atoms with E-state index in [1.54, 1.807) is 24.3 Å². The standard InChI is InChI=1S/C19H14Cl2N4O/c20-15-8-6-14(7-9-15)17-11-18(24-23-17)19(26)25-22-12-16(21)10-13-4-2-1-3-5-13/h1-12H,(H,23,24)(H,25,26). The molecule has 0 fully saturated rings. The second-order valence-corrected chi connectivity index (χ2v) is 6.19. The summed E-state index contributed by atoms with van der Waals surface area (Å²) in [6, 6.07) is 18.4. The third-order valence-electron chi connectivity index (χ3n) is 3.42. The number of carbonyl (C=O) groups is 1. The van der Waals surface area contributed by atoms with Gasteiger partial charge in [0.1, 0.15) is 5.69 Å². The molecule has 0 aliphatic rings. The van der Waals surface area contributed by atoms with Gasteiger partial charge in [0.2, 0.25) is 0 Å². The molecule has 0 atom stereocenters. The molecule has 130 valence electrons. The molecule has 1 heterocycles. The summed E-state index contributed by atoms with van der Waals surface area (Å²) in [4.78, 5) is 12.1. The maximum atomic E-state index is 12.1. The zero-order valence-electron chi connectivity index (χ0n) is 13.5. The van der Waals surface area contributed by atoms with E-state index >= 15 is 0 Å². The van der Waals surface area contributed by atoms with E-state index in [0.717, 1.165) is 11.1 Å². The molecule has 0 aliphatic heterocycles. The van der Waals surface area contributed by atoms with Gasteiger partial charge >= 0.3 is 0 Å². The topological polar surface area (TPSA) is 70.1 Å². The molecule has 0 bridgehead atoms. The first-order valence-electron chi connectivity index (χ1n) is 7.69. The average Bonchev–Trinajstić information content (AvgIpc) is 3.13. The fourth-order valence-corrected chi connectivity index (χ4v) is 2.47. The lowest BCUT2D eigenvalue weighted by molar-refractivity contribution is 0.0950. The van der Waals surface area contributed by atoms with Crippen LogP contribution in [0.2, 0.25) is 5.02 Å². The van der Waals surface area contributed by atoms with E-state index in [4.69, 9.17) is 23.2 Å². The van der Waals surface area contributed by atoms with Crippen LogP contribution in [0.4, 0.5) is 0 Å². The number of hydrogen-bond donors (Lipinski definition) is 2. The number of hydrogen-bond acceptors (Lipinski definition) is 3. The van der Waals surface area contributed by atoms with Crippen LogP contribution in [0, 0.1) is 0 Å². The van der Waals surface area contributed by atoms with Crippen LogP contribution < -0.4 is 5.43 Å². The lowest BCUT2D eigenvalue weighted by Gasteiger charge is -1.96. The second kappa shape index (κ2) is 8.47. The number of benzene rings is 2. The van der Waals surface area contributed by atoms with Crippen LogP contribution in [0.1, 0.15) is 16.1 Å². The van der Waals surface area contributed by atoms with Gasteiger partial charge in [-0.2, -0.15) is 10.2 Å². The normalized spacial score (nSPS) is 11.7. The summed E-state index contributed by atoms with van der Waals surface area (Å²) < 4.78 is 0. The first-order chi connectivity index (χ1) is 12.6. The molecule has 5 nitrogen and oxygen atoms in total. The van der Waals surface area contributed by atoms with Gasteiger partial charge in [-0.1, -0.05) is 65.7 Å². The van der Waals surface area contributed by atoms with Crippen molar-refractivity contribution in [3.8, 4) is 11.3 Å². The fraction of sp³-hybridized carbons (Fsp3) is 0. The van der Waals surface area contributed by atoms with E-state index in [1.165, 1.54) is 6.21 Å². The number of nitrogens with zero attached hydrogens (tertiary/aromatic N) is 2. The summed E-state index contributed by atoms with van der Waals surface area (Å²) in [7, 11) is 0. The average molecular weight is 385 g/mol. The molecule has 3 aromatic rings. The van der Waals surface area contributed by atoms with E-state index in [-0.39, 0.29) is 5.69 Å².